The zero-order chi connectivity index (χ0) is 14.1. The van der Waals surface area contributed by atoms with Crippen molar-refractivity contribution < 1.29 is 9.53 Å². The van der Waals surface area contributed by atoms with Crippen molar-refractivity contribution in [1.82, 2.24) is 9.59 Å². The maximum Gasteiger partial charge on any atom is 0.363 e. The molecule has 1 aliphatic rings. The van der Waals surface area contributed by atoms with E-state index in [4.69, 9.17) is 4.74 Å². The SMILES string of the molecule is Cc1cc(C)cc(C2=NC(=Cc3csnn3)C(=O)O2)c1. The van der Waals surface area contributed by atoms with Gasteiger partial charge in [0.1, 0.15) is 5.69 Å². The van der Waals surface area contributed by atoms with Gasteiger partial charge in [0.2, 0.25) is 5.90 Å². The molecule has 0 radical (unpaired) electrons. The molecule has 2 aromatic rings. The Labute approximate surface area is 119 Å². The number of hydrogen-bond acceptors (Lipinski definition) is 6. The van der Waals surface area contributed by atoms with E-state index in [0.29, 0.717) is 11.6 Å². The van der Waals surface area contributed by atoms with Crippen LogP contribution in [0, 0.1) is 13.8 Å². The first-order valence-electron chi connectivity index (χ1n) is 6.00. The second-order valence-corrected chi connectivity index (χ2v) is 5.15. The summed E-state index contributed by atoms with van der Waals surface area (Å²) in [6.45, 7) is 3.98. The molecule has 1 aliphatic heterocycles. The molecule has 0 saturated carbocycles. The summed E-state index contributed by atoms with van der Waals surface area (Å²) in [6.07, 6.45) is 1.57. The van der Waals surface area contributed by atoms with Gasteiger partial charge in [0.25, 0.3) is 0 Å². The third-order valence-electron chi connectivity index (χ3n) is 2.75. The van der Waals surface area contributed by atoms with Crippen LogP contribution in [-0.2, 0) is 9.53 Å². The zero-order valence-corrected chi connectivity index (χ0v) is 11.8. The van der Waals surface area contributed by atoms with E-state index in [2.05, 4.69) is 20.6 Å². The fraction of sp³-hybridized carbons (Fsp3) is 0.143. The van der Waals surface area contributed by atoms with Crippen molar-refractivity contribution in [1.29, 1.82) is 0 Å². The van der Waals surface area contributed by atoms with E-state index in [1.54, 1.807) is 11.5 Å². The molecule has 0 unspecified atom stereocenters. The minimum atomic E-state index is -0.466. The number of aromatic nitrogens is 2. The summed E-state index contributed by atoms with van der Waals surface area (Å²) in [7, 11) is 0. The van der Waals surface area contributed by atoms with Gasteiger partial charge in [0.05, 0.1) is 0 Å². The molecule has 20 heavy (non-hydrogen) atoms. The Morgan fingerprint density at radius 3 is 2.60 bits per heavy atom. The molecule has 0 spiro atoms. The first-order valence-corrected chi connectivity index (χ1v) is 6.84. The van der Waals surface area contributed by atoms with Gasteiger partial charge in [-0.3, -0.25) is 0 Å². The molecular weight excluding hydrogens is 274 g/mol. The van der Waals surface area contributed by atoms with E-state index in [-0.39, 0.29) is 5.70 Å². The lowest BCUT2D eigenvalue weighted by atomic mass is 10.1. The van der Waals surface area contributed by atoms with Crippen LogP contribution in [0.4, 0.5) is 0 Å². The van der Waals surface area contributed by atoms with Gasteiger partial charge in [-0.2, -0.15) is 0 Å². The molecule has 1 aromatic heterocycles. The van der Waals surface area contributed by atoms with Crippen LogP contribution < -0.4 is 0 Å². The highest BCUT2D eigenvalue weighted by Gasteiger charge is 2.24. The number of esters is 1. The topological polar surface area (TPSA) is 64.4 Å². The van der Waals surface area contributed by atoms with Crippen molar-refractivity contribution in [2.75, 3.05) is 0 Å². The van der Waals surface area contributed by atoms with E-state index in [9.17, 15) is 4.79 Å². The van der Waals surface area contributed by atoms with Crippen LogP contribution in [0.2, 0.25) is 0 Å². The Hall–Kier alpha value is -2.34. The van der Waals surface area contributed by atoms with E-state index in [1.165, 1.54) is 11.5 Å². The monoisotopic (exact) mass is 285 g/mol. The quantitative estimate of drug-likeness (QED) is 0.628. The summed E-state index contributed by atoms with van der Waals surface area (Å²) in [5.41, 5.74) is 3.84. The fourth-order valence-corrected chi connectivity index (χ4v) is 2.42. The standard InChI is InChI=1S/C14H11N3O2S/c1-8-3-9(2)5-10(4-8)13-15-12(14(18)19-13)6-11-7-20-17-16-11/h3-7H,1-2H3. The Morgan fingerprint density at radius 2 is 1.95 bits per heavy atom. The van der Waals surface area contributed by atoms with Crippen molar-refractivity contribution in [3.63, 3.8) is 0 Å². The number of aryl methyl sites for hydroxylation is 2. The highest BCUT2D eigenvalue weighted by atomic mass is 32.1. The summed E-state index contributed by atoms with van der Waals surface area (Å²) in [6, 6.07) is 5.93. The van der Waals surface area contributed by atoms with Gasteiger partial charge in [-0.15, -0.1) is 5.10 Å². The van der Waals surface area contributed by atoms with Crippen molar-refractivity contribution in [2.24, 2.45) is 4.99 Å². The van der Waals surface area contributed by atoms with Crippen molar-refractivity contribution >= 4 is 29.5 Å². The van der Waals surface area contributed by atoms with Crippen molar-refractivity contribution in [3.05, 3.63) is 51.7 Å². The summed E-state index contributed by atoms with van der Waals surface area (Å²) in [5, 5.41) is 5.60. The molecule has 2 heterocycles. The van der Waals surface area contributed by atoms with Gasteiger partial charge >= 0.3 is 5.97 Å². The number of ether oxygens (including phenoxy) is 1. The Balaban J connectivity index is 1.98. The predicted molar refractivity (Wildman–Crippen MR) is 76.4 cm³/mol. The maximum atomic E-state index is 11.8. The van der Waals surface area contributed by atoms with Gasteiger partial charge in [-0.05, 0) is 43.6 Å². The van der Waals surface area contributed by atoms with Gasteiger partial charge < -0.3 is 4.74 Å². The summed E-state index contributed by atoms with van der Waals surface area (Å²) in [5.74, 6) is -0.136. The second kappa shape index (κ2) is 4.97. The zero-order valence-electron chi connectivity index (χ0n) is 11.0. The van der Waals surface area contributed by atoms with Gasteiger partial charge in [-0.25, -0.2) is 9.79 Å². The van der Waals surface area contributed by atoms with Gasteiger partial charge in [0, 0.05) is 10.9 Å². The van der Waals surface area contributed by atoms with E-state index in [0.717, 1.165) is 16.7 Å². The van der Waals surface area contributed by atoms with Gasteiger partial charge in [0.15, 0.2) is 5.70 Å². The average molecular weight is 285 g/mol. The number of rotatable bonds is 2. The van der Waals surface area contributed by atoms with Crippen LogP contribution in [0.5, 0.6) is 0 Å². The molecule has 3 rings (SSSR count). The molecule has 0 saturated heterocycles. The van der Waals surface area contributed by atoms with Crippen LogP contribution in [-0.4, -0.2) is 21.5 Å². The van der Waals surface area contributed by atoms with Crippen LogP contribution in [0.25, 0.3) is 6.08 Å². The summed E-state index contributed by atoms with van der Waals surface area (Å²) < 4.78 is 8.95. The Kier molecular flexibility index (Phi) is 3.15. The third kappa shape index (κ3) is 2.50. The smallest absolute Gasteiger partial charge is 0.363 e. The summed E-state index contributed by atoms with van der Waals surface area (Å²) >= 11 is 1.22. The van der Waals surface area contributed by atoms with Crippen LogP contribution >= 0.6 is 11.5 Å². The first-order chi connectivity index (χ1) is 9.61. The number of aliphatic imine (C=N–C) groups is 1. The number of carbonyl (C=O) groups is 1. The molecule has 0 atom stereocenters. The summed E-state index contributed by atoms with van der Waals surface area (Å²) in [4.78, 5) is 16.0. The van der Waals surface area contributed by atoms with E-state index >= 15 is 0 Å². The first kappa shape index (κ1) is 12.7. The lowest BCUT2D eigenvalue weighted by molar-refractivity contribution is -0.129. The highest BCUT2D eigenvalue weighted by Crippen LogP contribution is 2.20. The van der Waals surface area contributed by atoms with Crippen molar-refractivity contribution in [2.45, 2.75) is 13.8 Å². The number of benzene rings is 1. The van der Waals surface area contributed by atoms with E-state index < -0.39 is 5.97 Å². The molecular formula is C14H11N3O2S. The molecule has 0 amide bonds. The van der Waals surface area contributed by atoms with Crippen LogP contribution in [0.1, 0.15) is 22.4 Å². The number of carbonyl (C=O) groups excluding carboxylic acids is 1. The molecule has 0 aliphatic carbocycles. The minimum Gasteiger partial charge on any atom is -0.402 e. The lowest BCUT2D eigenvalue weighted by Gasteiger charge is -2.03. The number of nitrogens with zero attached hydrogens (tertiary/aromatic N) is 3. The van der Waals surface area contributed by atoms with Crippen molar-refractivity contribution in [3.8, 4) is 0 Å². The minimum absolute atomic E-state index is 0.242. The van der Waals surface area contributed by atoms with E-state index in [1.807, 2.05) is 26.0 Å². The molecule has 0 fully saturated rings. The van der Waals surface area contributed by atoms with Gasteiger partial charge in [-0.1, -0.05) is 21.7 Å². The Morgan fingerprint density at radius 1 is 1.20 bits per heavy atom. The number of cyclic esters (lactones) is 1. The third-order valence-corrected chi connectivity index (χ3v) is 3.27. The molecule has 100 valence electrons. The number of hydrogen-bond donors (Lipinski definition) is 0. The molecule has 5 nitrogen and oxygen atoms in total. The highest BCUT2D eigenvalue weighted by molar-refractivity contribution is 7.03. The largest absolute Gasteiger partial charge is 0.402 e. The predicted octanol–water partition coefficient (Wildman–Crippen LogP) is 2.50. The maximum absolute atomic E-state index is 11.8. The van der Waals surface area contributed by atoms with Crippen LogP contribution in [0.15, 0.2) is 34.3 Å². The Bertz CT molecular complexity index is 713. The second-order valence-electron chi connectivity index (χ2n) is 4.54. The molecule has 6 heteroatoms. The average Bonchev–Trinajstić information content (AvgIpc) is 3.00. The lowest BCUT2D eigenvalue weighted by Crippen LogP contribution is -2.05. The fourth-order valence-electron chi connectivity index (χ4n) is 2.01. The molecule has 1 aromatic carbocycles. The molecule has 0 bridgehead atoms. The molecule has 0 N–H and O–H groups in total. The normalized spacial score (nSPS) is 16.4. The van der Waals surface area contributed by atoms with Crippen LogP contribution in [0.3, 0.4) is 0 Å².